The number of nitrogens with one attached hydrogen (secondary N) is 1. The highest BCUT2D eigenvalue weighted by Gasteiger charge is 2.41. The molecule has 1 aliphatic carbocycles. The summed E-state index contributed by atoms with van der Waals surface area (Å²) in [6.45, 7) is 3.08. The average molecular weight is 284 g/mol. The lowest BCUT2D eigenvalue weighted by Crippen LogP contribution is -2.45. The normalized spacial score (nSPS) is 26.2. The fourth-order valence-electron chi connectivity index (χ4n) is 2.74. The lowest BCUT2D eigenvalue weighted by atomic mass is 9.71. The summed E-state index contributed by atoms with van der Waals surface area (Å²) in [7, 11) is 0. The summed E-state index contributed by atoms with van der Waals surface area (Å²) in [5, 5.41) is 12.3. The van der Waals surface area contributed by atoms with Crippen molar-refractivity contribution in [3.05, 3.63) is 0 Å². The number of carbonyl (C=O) groups excluding carboxylic acids is 1. The standard InChI is InChI=1S/C15H28N2O3/c1-12-6-8-15(9-7-12,14(19)20)11-17-13(18)5-3-2-4-10-16/h12H,2-11,16H2,1H3,(H,17,18)(H,19,20). The van der Waals surface area contributed by atoms with Gasteiger partial charge in [0.2, 0.25) is 5.91 Å². The first kappa shape index (κ1) is 17.0. The van der Waals surface area contributed by atoms with Crippen molar-refractivity contribution in [2.24, 2.45) is 17.1 Å². The van der Waals surface area contributed by atoms with Crippen LogP contribution in [0.2, 0.25) is 0 Å². The SMILES string of the molecule is CC1CCC(CNC(=O)CCCCCN)(C(=O)O)CC1. The maximum Gasteiger partial charge on any atom is 0.311 e. The van der Waals surface area contributed by atoms with Gasteiger partial charge in [0.15, 0.2) is 0 Å². The number of rotatable bonds is 8. The molecule has 0 aromatic carbocycles. The molecule has 0 atom stereocenters. The van der Waals surface area contributed by atoms with E-state index in [2.05, 4.69) is 12.2 Å². The Morgan fingerprint density at radius 3 is 2.45 bits per heavy atom. The zero-order valence-electron chi connectivity index (χ0n) is 12.5. The van der Waals surface area contributed by atoms with Crippen molar-refractivity contribution in [2.45, 2.75) is 58.3 Å². The van der Waals surface area contributed by atoms with Crippen LogP contribution in [-0.2, 0) is 9.59 Å². The second-order valence-electron chi connectivity index (χ2n) is 6.14. The Kier molecular flexibility index (Phi) is 6.99. The third-order valence-corrected chi connectivity index (χ3v) is 4.42. The van der Waals surface area contributed by atoms with Crippen molar-refractivity contribution in [1.82, 2.24) is 5.32 Å². The van der Waals surface area contributed by atoms with Gasteiger partial charge in [-0.15, -0.1) is 0 Å². The molecule has 0 aliphatic heterocycles. The van der Waals surface area contributed by atoms with E-state index in [4.69, 9.17) is 5.73 Å². The Bertz CT molecular complexity index is 323. The highest BCUT2D eigenvalue weighted by atomic mass is 16.4. The summed E-state index contributed by atoms with van der Waals surface area (Å²) < 4.78 is 0. The summed E-state index contributed by atoms with van der Waals surface area (Å²) in [5.74, 6) is -0.219. The van der Waals surface area contributed by atoms with Gasteiger partial charge in [0.1, 0.15) is 0 Å². The van der Waals surface area contributed by atoms with Gasteiger partial charge in [0.25, 0.3) is 0 Å². The van der Waals surface area contributed by atoms with Crippen LogP contribution in [0.1, 0.15) is 58.3 Å². The summed E-state index contributed by atoms with van der Waals surface area (Å²) >= 11 is 0. The summed E-state index contributed by atoms with van der Waals surface area (Å²) in [4.78, 5) is 23.3. The molecule has 5 nitrogen and oxygen atoms in total. The number of hydrogen-bond donors (Lipinski definition) is 3. The first-order valence-corrected chi connectivity index (χ1v) is 7.70. The van der Waals surface area contributed by atoms with Crippen molar-refractivity contribution >= 4 is 11.9 Å². The van der Waals surface area contributed by atoms with E-state index in [-0.39, 0.29) is 12.5 Å². The summed E-state index contributed by atoms with van der Waals surface area (Å²) in [5.41, 5.74) is 4.65. The van der Waals surface area contributed by atoms with E-state index in [1.54, 1.807) is 0 Å². The molecule has 0 heterocycles. The maximum atomic E-state index is 11.7. The number of nitrogens with two attached hydrogens (primary N) is 1. The molecule has 0 spiro atoms. The number of carboxylic acids is 1. The van der Waals surface area contributed by atoms with Gasteiger partial charge < -0.3 is 16.2 Å². The number of aliphatic carboxylic acids is 1. The van der Waals surface area contributed by atoms with E-state index < -0.39 is 11.4 Å². The lowest BCUT2D eigenvalue weighted by Gasteiger charge is -2.35. The fraction of sp³-hybridized carbons (Fsp3) is 0.867. The van der Waals surface area contributed by atoms with Crippen LogP contribution in [-0.4, -0.2) is 30.1 Å². The number of hydrogen-bond acceptors (Lipinski definition) is 3. The van der Waals surface area contributed by atoms with Crippen LogP contribution in [0.25, 0.3) is 0 Å². The molecule has 4 N–H and O–H groups in total. The van der Waals surface area contributed by atoms with Crippen molar-refractivity contribution in [3.63, 3.8) is 0 Å². The Balaban J connectivity index is 2.36. The molecule has 0 saturated heterocycles. The topological polar surface area (TPSA) is 92.4 Å². The van der Waals surface area contributed by atoms with Gasteiger partial charge in [-0.3, -0.25) is 9.59 Å². The molecular formula is C15H28N2O3. The molecule has 1 saturated carbocycles. The van der Waals surface area contributed by atoms with Crippen LogP contribution in [0.5, 0.6) is 0 Å². The molecule has 1 fully saturated rings. The van der Waals surface area contributed by atoms with E-state index in [0.29, 0.717) is 31.7 Å². The zero-order chi connectivity index (χ0) is 15.0. The van der Waals surface area contributed by atoms with Crippen LogP contribution in [0.15, 0.2) is 0 Å². The molecule has 5 heteroatoms. The maximum absolute atomic E-state index is 11.7. The van der Waals surface area contributed by atoms with Gasteiger partial charge in [0, 0.05) is 13.0 Å². The molecule has 1 amide bonds. The highest BCUT2D eigenvalue weighted by Crippen LogP contribution is 2.38. The Hall–Kier alpha value is -1.10. The first-order chi connectivity index (χ1) is 9.50. The van der Waals surface area contributed by atoms with E-state index in [0.717, 1.165) is 32.1 Å². The molecule has 0 bridgehead atoms. The first-order valence-electron chi connectivity index (χ1n) is 7.70. The molecule has 1 rings (SSSR count). The Labute approximate surface area is 121 Å². The van der Waals surface area contributed by atoms with Gasteiger partial charge >= 0.3 is 5.97 Å². The summed E-state index contributed by atoms with van der Waals surface area (Å²) in [6, 6.07) is 0. The monoisotopic (exact) mass is 284 g/mol. The Morgan fingerprint density at radius 1 is 1.25 bits per heavy atom. The van der Waals surface area contributed by atoms with Crippen LogP contribution in [0.3, 0.4) is 0 Å². The van der Waals surface area contributed by atoms with Gasteiger partial charge in [-0.2, -0.15) is 0 Å². The van der Waals surface area contributed by atoms with Crippen molar-refractivity contribution < 1.29 is 14.7 Å². The van der Waals surface area contributed by atoms with Gasteiger partial charge in [0.05, 0.1) is 5.41 Å². The average Bonchev–Trinajstić information content (AvgIpc) is 2.43. The number of amides is 1. The smallest absolute Gasteiger partial charge is 0.311 e. The summed E-state index contributed by atoms with van der Waals surface area (Å²) in [6.07, 6.45) is 6.35. The quantitative estimate of drug-likeness (QED) is 0.594. The van der Waals surface area contributed by atoms with E-state index in [1.807, 2.05) is 0 Å². The van der Waals surface area contributed by atoms with Crippen LogP contribution in [0.4, 0.5) is 0 Å². The third-order valence-electron chi connectivity index (χ3n) is 4.42. The third kappa shape index (κ3) is 5.12. The number of carboxylic acid groups (broad SMARTS) is 1. The lowest BCUT2D eigenvalue weighted by molar-refractivity contribution is -0.151. The van der Waals surface area contributed by atoms with Crippen molar-refractivity contribution in [1.29, 1.82) is 0 Å². The molecule has 0 aromatic rings. The van der Waals surface area contributed by atoms with Crippen LogP contribution in [0, 0.1) is 11.3 Å². The van der Waals surface area contributed by atoms with Gasteiger partial charge in [-0.25, -0.2) is 0 Å². The minimum atomic E-state index is -0.771. The fourth-order valence-corrected chi connectivity index (χ4v) is 2.74. The molecule has 1 aliphatic rings. The molecular weight excluding hydrogens is 256 g/mol. The van der Waals surface area contributed by atoms with Gasteiger partial charge in [-0.05, 0) is 51.0 Å². The predicted octanol–water partition coefficient (Wildman–Crippen LogP) is 1.90. The van der Waals surface area contributed by atoms with E-state index in [9.17, 15) is 14.7 Å². The van der Waals surface area contributed by atoms with E-state index in [1.165, 1.54) is 0 Å². The van der Waals surface area contributed by atoms with Crippen molar-refractivity contribution in [2.75, 3.05) is 13.1 Å². The molecule has 0 radical (unpaired) electrons. The van der Waals surface area contributed by atoms with E-state index >= 15 is 0 Å². The number of carbonyl (C=O) groups is 2. The highest BCUT2D eigenvalue weighted by molar-refractivity contribution is 5.79. The predicted molar refractivity (Wildman–Crippen MR) is 78.2 cm³/mol. The van der Waals surface area contributed by atoms with Crippen LogP contribution >= 0.6 is 0 Å². The van der Waals surface area contributed by atoms with Crippen LogP contribution < -0.4 is 11.1 Å². The zero-order valence-corrected chi connectivity index (χ0v) is 12.5. The molecule has 116 valence electrons. The largest absolute Gasteiger partial charge is 0.481 e. The second kappa shape index (κ2) is 8.25. The molecule has 0 aromatic heterocycles. The molecule has 20 heavy (non-hydrogen) atoms. The molecule has 0 unspecified atom stereocenters. The van der Waals surface area contributed by atoms with Crippen molar-refractivity contribution in [3.8, 4) is 0 Å². The second-order valence-corrected chi connectivity index (χ2v) is 6.14. The minimum absolute atomic E-state index is 0.0405. The van der Waals surface area contributed by atoms with Gasteiger partial charge in [-0.1, -0.05) is 13.3 Å². The number of unbranched alkanes of at least 4 members (excludes halogenated alkanes) is 2. The minimum Gasteiger partial charge on any atom is -0.481 e. The Morgan fingerprint density at radius 2 is 1.90 bits per heavy atom.